The van der Waals surface area contributed by atoms with Gasteiger partial charge in [-0.1, -0.05) is 12.1 Å². The maximum atomic E-state index is 12.1. The SMILES string of the molecule is CCOc1cc(C=NNC(=O)CC(=O)Nc2ccccc2OC)cc(Br)c1OCC(=O)OC. The van der Waals surface area contributed by atoms with E-state index in [1.807, 2.05) is 0 Å². The Kier molecular flexibility index (Phi) is 10.2. The van der Waals surface area contributed by atoms with Gasteiger partial charge in [-0.2, -0.15) is 5.10 Å². The molecule has 2 N–H and O–H groups in total. The first-order chi connectivity index (χ1) is 15.9. The van der Waals surface area contributed by atoms with E-state index in [4.69, 9.17) is 14.2 Å². The van der Waals surface area contributed by atoms with Gasteiger partial charge in [-0.15, -0.1) is 0 Å². The third kappa shape index (κ3) is 8.11. The van der Waals surface area contributed by atoms with Crippen LogP contribution < -0.4 is 25.0 Å². The average Bonchev–Trinajstić information content (AvgIpc) is 2.78. The predicted molar refractivity (Wildman–Crippen MR) is 125 cm³/mol. The second kappa shape index (κ2) is 13.1. The number of anilines is 1. The van der Waals surface area contributed by atoms with Gasteiger partial charge in [-0.05, 0) is 52.7 Å². The quantitative estimate of drug-likeness (QED) is 0.201. The molecule has 11 heteroatoms. The second-order valence-corrected chi connectivity index (χ2v) is 7.20. The number of rotatable bonds is 11. The van der Waals surface area contributed by atoms with Gasteiger partial charge in [0.2, 0.25) is 11.8 Å². The van der Waals surface area contributed by atoms with Gasteiger partial charge in [0.1, 0.15) is 12.2 Å². The highest BCUT2D eigenvalue weighted by atomic mass is 79.9. The molecule has 2 aromatic carbocycles. The van der Waals surface area contributed by atoms with Gasteiger partial charge in [0.25, 0.3) is 0 Å². The van der Waals surface area contributed by atoms with Gasteiger partial charge in [0.15, 0.2) is 18.1 Å². The van der Waals surface area contributed by atoms with Crippen molar-refractivity contribution in [1.82, 2.24) is 5.43 Å². The zero-order chi connectivity index (χ0) is 24.2. The van der Waals surface area contributed by atoms with E-state index in [9.17, 15) is 14.4 Å². The van der Waals surface area contributed by atoms with Crippen LogP contribution in [-0.2, 0) is 19.1 Å². The maximum absolute atomic E-state index is 12.1. The molecule has 10 nitrogen and oxygen atoms in total. The Morgan fingerprint density at radius 2 is 1.82 bits per heavy atom. The van der Waals surface area contributed by atoms with E-state index >= 15 is 0 Å². The maximum Gasteiger partial charge on any atom is 0.343 e. The third-order valence-electron chi connectivity index (χ3n) is 4.00. The van der Waals surface area contributed by atoms with Crippen molar-refractivity contribution in [2.75, 3.05) is 32.8 Å². The summed E-state index contributed by atoms with van der Waals surface area (Å²) < 4.78 is 21.3. The van der Waals surface area contributed by atoms with Crippen LogP contribution in [0.5, 0.6) is 17.2 Å². The topological polar surface area (TPSA) is 125 Å². The van der Waals surface area contributed by atoms with Crippen LogP contribution in [0.15, 0.2) is 46.0 Å². The Morgan fingerprint density at radius 3 is 2.52 bits per heavy atom. The number of carbonyl (C=O) groups excluding carboxylic acids is 3. The number of benzene rings is 2. The summed E-state index contributed by atoms with van der Waals surface area (Å²) in [5.74, 6) is -0.455. The van der Waals surface area contributed by atoms with Gasteiger partial charge in [-0.25, -0.2) is 10.2 Å². The van der Waals surface area contributed by atoms with Gasteiger partial charge >= 0.3 is 5.97 Å². The lowest BCUT2D eigenvalue weighted by atomic mass is 10.2. The number of halogens is 1. The first-order valence-corrected chi connectivity index (χ1v) is 10.6. The molecule has 0 saturated carbocycles. The summed E-state index contributed by atoms with van der Waals surface area (Å²) in [7, 11) is 2.75. The fraction of sp³-hybridized carbons (Fsp3) is 0.273. The molecule has 176 valence electrons. The van der Waals surface area contributed by atoms with Crippen LogP contribution in [-0.4, -0.2) is 51.4 Å². The highest BCUT2D eigenvalue weighted by molar-refractivity contribution is 9.10. The van der Waals surface area contributed by atoms with Gasteiger partial charge in [0.05, 0.1) is 37.2 Å². The molecule has 0 unspecified atom stereocenters. The lowest BCUT2D eigenvalue weighted by Gasteiger charge is -2.13. The molecule has 2 aromatic rings. The van der Waals surface area contributed by atoms with Crippen molar-refractivity contribution in [3.05, 3.63) is 46.4 Å². The Hall–Kier alpha value is -3.60. The molecule has 0 radical (unpaired) electrons. The highest BCUT2D eigenvalue weighted by Crippen LogP contribution is 2.36. The van der Waals surface area contributed by atoms with E-state index in [2.05, 4.69) is 36.5 Å². The van der Waals surface area contributed by atoms with Crippen LogP contribution in [0.1, 0.15) is 18.9 Å². The number of hydrazone groups is 1. The zero-order valence-electron chi connectivity index (χ0n) is 18.3. The normalized spacial score (nSPS) is 10.4. The number of amides is 2. The molecule has 0 aliphatic heterocycles. The van der Waals surface area contributed by atoms with Crippen LogP contribution in [0.2, 0.25) is 0 Å². The van der Waals surface area contributed by atoms with Crippen LogP contribution in [0.3, 0.4) is 0 Å². The lowest BCUT2D eigenvalue weighted by Crippen LogP contribution is -2.24. The highest BCUT2D eigenvalue weighted by Gasteiger charge is 2.14. The van der Waals surface area contributed by atoms with Crippen LogP contribution >= 0.6 is 15.9 Å². The molecule has 0 bridgehead atoms. The van der Waals surface area contributed by atoms with Crippen molar-refractivity contribution in [1.29, 1.82) is 0 Å². The third-order valence-corrected chi connectivity index (χ3v) is 4.59. The summed E-state index contributed by atoms with van der Waals surface area (Å²) >= 11 is 3.37. The van der Waals surface area contributed by atoms with E-state index in [-0.39, 0.29) is 6.61 Å². The summed E-state index contributed by atoms with van der Waals surface area (Å²) in [6.07, 6.45) is 0.955. The molecule has 0 spiro atoms. The molecule has 33 heavy (non-hydrogen) atoms. The Morgan fingerprint density at radius 1 is 1.06 bits per heavy atom. The van der Waals surface area contributed by atoms with E-state index in [1.165, 1.54) is 20.4 Å². The van der Waals surface area contributed by atoms with Crippen LogP contribution in [0, 0.1) is 0 Å². The first-order valence-electron chi connectivity index (χ1n) is 9.78. The predicted octanol–water partition coefficient (Wildman–Crippen LogP) is 2.89. The van der Waals surface area contributed by atoms with Crippen molar-refractivity contribution in [2.24, 2.45) is 5.10 Å². The number of hydrogen-bond acceptors (Lipinski definition) is 8. The number of esters is 1. The van der Waals surface area contributed by atoms with Gasteiger partial charge < -0.3 is 24.3 Å². The second-order valence-electron chi connectivity index (χ2n) is 6.35. The molecule has 0 atom stereocenters. The van der Waals surface area contributed by atoms with Crippen molar-refractivity contribution >= 4 is 45.6 Å². The summed E-state index contributed by atoms with van der Waals surface area (Å²) in [5.41, 5.74) is 3.34. The van der Waals surface area contributed by atoms with Crippen LogP contribution in [0.4, 0.5) is 5.69 Å². The minimum Gasteiger partial charge on any atom is -0.495 e. The Balaban J connectivity index is 1.98. The van der Waals surface area contributed by atoms with Crippen LogP contribution in [0.25, 0.3) is 0 Å². The monoisotopic (exact) mass is 521 g/mol. The number of methoxy groups -OCH3 is 2. The van der Waals surface area contributed by atoms with Crippen molar-refractivity contribution in [2.45, 2.75) is 13.3 Å². The molecule has 0 fully saturated rings. The molecule has 2 amide bonds. The number of para-hydroxylation sites is 2. The number of nitrogens with one attached hydrogen (secondary N) is 2. The molecular weight excluding hydrogens is 498 g/mol. The van der Waals surface area contributed by atoms with Crippen molar-refractivity contribution in [3.8, 4) is 17.2 Å². The molecule has 0 saturated heterocycles. The molecule has 0 heterocycles. The van der Waals surface area contributed by atoms with Crippen molar-refractivity contribution < 1.29 is 33.3 Å². The molecule has 2 rings (SSSR count). The van der Waals surface area contributed by atoms with Crippen molar-refractivity contribution in [3.63, 3.8) is 0 Å². The zero-order valence-corrected chi connectivity index (χ0v) is 19.9. The Bertz CT molecular complexity index is 1030. The minimum absolute atomic E-state index is 0.282. The Labute approximate surface area is 199 Å². The minimum atomic E-state index is -0.597. The summed E-state index contributed by atoms with van der Waals surface area (Å²) in [6, 6.07) is 10.2. The number of hydrogen-bond donors (Lipinski definition) is 2. The summed E-state index contributed by atoms with van der Waals surface area (Å²) in [6.45, 7) is 1.88. The van der Waals surface area contributed by atoms with Gasteiger partial charge in [-0.3, -0.25) is 9.59 Å². The number of nitrogens with zero attached hydrogens (tertiary/aromatic N) is 1. The van der Waals surface area contributed by atoms with E-state index in [0.717, 1.165) is 0 Å². The summed E-state index contributed by atoms with van der Waals surface area (Å²) in [5, 5.41) is 6.49. The standard InChI is InChI=1S/C22H24BrN3O7/c1-4-32-18-10-14(9-15(23)22(18)33-13-21(29)31-3)12-24-26-20(28)11-19(27)25-16-7-5-6-8-17(16)30-2/h5-10,12H,4,11,13H2,1-3H3,(H,25,27)(H,26,28). The van der Waals surface area contributed by atoms with E-state index in [0.29, 0.717) is 39.6 Å². The molecule has 0 aromatic heterocycles. The van der Waals surface area contributed by atoms with E-state index < -0.39 is 24.2 Å². The fourth-order valence-corrected chi connectivity index (χ4v) is 3.14. The molecular formula is C22H24BrN3O7. The fourth-order valence-electron chi connectivity index (χ4n) is 2.56. The molecule has 0 aliphatic carbocycles. The van der Waals surface area contributed by atoms with E-state index in [1.54, 1.807) is 43.3 Å². The van der Waals surface area contributed by atoms with Gasteiger partial charge in [0, 0.05) is 0 Å². The largest absolute Gasteiger partial charge is 0.495 e. The smallest absolute Gasteiger partial charge is 0.343 e. The molecule has 0 aliphatic rings. The first kappa shape index (κ1) is 25.7. The number of carbonyl (C=O) groups is 3. The summed E-state index contributed by atoms with van der Waals surface area (Å²) in [4.78, 5) is 35.5. The average molecular weight is 522 g/mol. The lowest BCUT2D eigenvalue weighted by molar-refractivity contribution is -0.143. The number of ether oxygens (including phenoxy) is 4.